The van der Waals surface area contributed by atoms with Crippen molar-refractivity contribution >= 4 is 0 Å². The quantitative estimate of drug-likeness (QED) is 0.818. The number of nitrogens with one attached hydrogen (secondary N) is 1. The van der Waals surface area contributed by atoms with Crippen molar-refractivity contribution in [3.05, 3.63) is 29.3 Å². The van der Waals surface area contributed by atoms with Gasteiger partial charge in [-0.2, -0.15) is 5.26 Å². The highest BCUT2D eigenvalue weighted by atomic mass is 16.5. The van der Waals surface area contributed by atoms with Gasteiger partial charge in [-0.25, -0.2) is 0 Å². The predicted molar refractivity (Wildman–Crippen MR) is 82.8 cm³/mol. The van der Waals surface area contributed by atoms with Gasteiger partial charge in [0.1, 0.15) is 5.75 Å². The molecule has 0 bridgehead atoms. The van der Waals surface area contributed by atoms with E-state index in [9.17, 15) is 0 Å². The SMILES string of the molecule is CCNC(C)c1cc(C)ccc1OCCC(C)(C)C#N. The molecule has 3 heteroatoms. The van der Waals surface area contributed by atoms with E-state index in [2.05, 4.69) is 44.3 Å². The van der Waals surface area contributed by atoms with E-state index in [1.54, 1.807) is 0 Å². The van der Waals surface area contributed by atoms with Crippen LogP contribution < -0.4 is 10.1 Å². The van der Waals surface area contributed by atoms with Crippen molar-refractivity contribution in [2.24, 2.45) is 5.41 Å². The fourth-order valence-electron chi connectivity index (χ4n) is 2.03. The van der Waals surface area contributed by atoms with E-state index < -0.39 is 0 Å². The number of nitriles is 1. The highest BCUT2D eigenvalue weighted by Gasteiger charge is 2.17. The summed E-state index contributed by atoms with van der Waals surface area (Å²) in [5.41, 5.74) is 2.08. The summed E-state index contributed by atoms with van der Waals surface area (Å²) in [6.07, 6.45) is 0.729. The highest BCUT2D eigenvalue weighted by molar-refractivity contribution is 5.39. The van der Waals surface area contributed by atoms with Crippen LogP contribution in [0.5, 0.6) is 5.75 Å². The summed E-state index contributed by atoms with van der Waals surface area (Å²) in [6.45, 7) is 11.7. The lowest BCUT2D eigenvalue weighted by atomic mass is 9.92. The fourth-order valence-corrected chi connectivity index (χ4v) is 2.03. The van der Waals surface area contributed by atoms with Crippen LogP contribution in [0.25, 0.3) is 0 Å². The molecule has 1 aromatic carbocycles. The molecule has 20 heavy (non-hydrogen) atoms. The Hall–Kier alpha value is -1.53. The van der Waals surface area contributed by atoms with E-state index in [1.165, 1.54) is 11.1 Å². The third-order valence-corrected chi connectivity index (χ3v) is 3.43. The Morgan fingerprint density at radius 1 is 1.40 bits per heavy atom. The lowest BCUT2D eigenvalue weighted by Crippen LogP contribution is -2.19. The lowest BCUT2D eigenvalue weighted by molar-refractivity contribution is 0.260. The summed E-state index contributed by atoms with van der Waals surface area (Å²) in [6, 6.07) is 8.82. The third kappa shape index (κ3) is 4.86. The number of rotatable bonds is 7. The maximum Gasteiger partial charge on any atom is 0.124 e. The van der Waals surface area contributed by atoms with Crippen molar-refractivity contribution in [2.45, 2.75) is 47.1 Å². The maximum atomic E-state index is 9.02. The molecule has 1 aromatic rings. The van der Waals surface area contributed by atoms with Crippen LogP contribution in [0.1, 0.15) is 51.3 Å². The van der Waals surface area contributed by atoms with Gasteiger partial charge in [0.15, 0.2) is 0 Å². The zero-order chi connectivity index (χ0) is 15.2. The first-order valence-electron chi connectivity index (χ1n) is 7.27. The Morgan fingerprint density at radius 2 is 2.10 bits per heavy atom. The predicted octanol–water partition coefficient (Wildman–Crippen LogP) is 3.98. The van der Waals surface area contributed by atoms with Gasteiger partial charge in [-0.15, -0.1) is 0 Å². The second-order valence-corrected chi connectivity index (χ2v) is 5.91. The molecule has 0 heterocycles. The van der Waals surface area contributed by atoms with Gasteiger partial charge in [-0.05, 0) is 46.7 Å². The average Bonchev–Trinajstić information content (AvgIpc) is 2.40. The monoisotopic (exact) mass is 274 g/mol. The van der Waals surface area contributed by atoms with E-state index in [0.717, 1.165) is 18.7 Å². The summed E-state index contributed by atoms with van der Waals surface area (Å²) in [5, 5.41) is 12.4. The van der Waals surface area contributed by atoms with Gasteiger partial charge >= 0.3 is 0 Å². The topological polar surface area (TPSA) is 45.0 Å². The van der Waals surface area contributed by atoms with Gasteiger partial charge in [0.25, 0.3) is 0 Å². The summed E-state index contributed by atoms with van der Waals surface area (Å²) in [5.74, 6) is 0.915. The second-order valence-electron chi connectivity index (χ2n) is 5.91. The summed E-state index contributed by atoms with van der Waals surface area (Å²) >= 11 is 0. The molecule has 0 aliphatic rings. The van der Waals surface area contributed by atoms with E-state index in [0.29, 0.717) is 6.61 Å². The van der Waals surface area contributed by atoms with Crippen LogP contribution >= 0.6 is 0 Å². The standard InChI is InChI=1S/C17H26N2O/c1-6-19-14(3)15-11-13(2)7-8-16(15)20-10-9-17(4,5)12-18/h7-8,11,14,19H,6,9-10H2,1-5H3. The Kier molecular flexibility index (Phi) is 6.04. The molecule has 0 aromatic heterocycles. The molecule has 3 nitrogen and oxygen atoms in total. The molecule has 1 atom stereocenters. The smallest absolute Gasteiger partial charge is 0.124 e. The number of nitrogens with zero attached hydrogens (tertiary/aromatic N) is 1. The van der Waals surface area contributed by atoms with Crippen molar-refractivity contribution in [3.8, 4) is 11.8 Å². The zero-order valence-electron chi connectivity index (χ0n) is 13.3. The van der Waals surface area contributed by atoms with Gasteiger partial charge < -0.3 is 10.1 Å². The number of hydrogen-bond acceptors (Lipinski definition) is 3. The van der Waals surface area contributed by atoms with Crippen LogP contribution in [0.2, 0.25) is 0 Å². The van der Waals surface area contributed by atoms with Crippen molar-refractivity contribution in [2.75, 3.05) is 13.2 Å². The molecule has 0 fully saturated rings. The molecule has 1 N–H and O–H groups in total. The molecule has 0 amide bonds. The van der Waals surface area contributed by atoms with Gasteiger partial charge in [-0.1, -0.05) is 24.6 Å². The molecule has 0 saturated carbocycles. The van der Waals surface area contributed by atoms with Crippen LogP contribution in [0.15, 0.2) is 18.2 Å². The van der Waals surface area contributed by atoms with Gasteiger partial charge in [-0.3, -0.25) is 0 Å². The van der Waals surface area contributed by atoms with Crippen LogP contribution in [-0.4, -0.2) is 13.2 Å². The van der Waals surface area contributed by atoms with E-state index in [1.807, 2.05) is 19.9 Å². The largest absolute Gasteiger partial charge is 0.493 e. The molecule has 0 radical (unpaired) electrons. The van der Waals surface area contributed by atoms with Crippen molar-refractivity contribution < 1.29 is 4.74 Å². The van der Waals surface area contributed by atoms with Crippen molar-refractivity contribution in [1.82, 2.24) is 5.32 Å². The minimum absolute atomic E-state index is 0.263. The van der Waals surface area contributed by atoms with E-state index >= 15 is 0 Å². The molecular formula is C17H26N2O. The third-order valence-electron chi connectivity index (χ3n) is 3.43. The fraction of sp³-hybridized carbons (Fsp3) is 0.588. The van der Waals surface area contributed by atoms with Gasteiger partial charge in [0.2, 0.25) is 0 Å². The minimum Gasteiger partial charge on any atom is -0.493 e. The summed E-state index contributed by atoms with van der Waals surface area (Å²) in [7, 11) is 0. The van der Waals surface area contributed by atoms with Crippen molar-refractivity contribution in [1.29, 1.82) is 5.26 Å². The lowest BCUT2D eigenvalue weighted by Gasteiger charge is -2.20. The molecule has 110 valence electrons. The number of ether oxygens (including phenoxy) is 1. The Bertz CT molecular complexity index is 474. The molecule has 0 spiro atoms. The molecule has 0 aliphatic heterocycles. The number of hydrogen-bond donors (Lipinski definition) is 1. The first kappa shape index (κ1) is 16.5. The Morgan fingerprint density at radius 3 is 2.70 bits per heavy atom. The molecule has 1 rings (SSSR count). The highest BCUT2D eigenvalue weighted by Crippen LogP contribution is 2.27. The average molecular weight is 274 g/mol. The maximum absolute atomic E-state index is 9.02. The zero-order valence-corrected chi connectivity index (χ0v) is 13.3. The van der Waals surface area contributed by atoms with Gasteiger partial charge in [0.05, 0.1) is 18.1 Å². The minimum atomic E-state index is -0.335. The number of aryl methyl sites for hydroxylation is 1. The van der Waals surface area contributed by atoms with Crippen molar-refractivity contribution in [3.63, 3.8) is 0 Å². The molecule has 0 saturated heterocycles. The first-order valence-corrected chi connectivity index (χ1v) is 7.27. The van der Waals surface area contributed by atoms with Crippen LogP contribution in [0, 0.1) is 23.7 Å². The summed E-state index contributed by atoms with van der Waals surface area (Å²) < 4.78 is 5.91. The molecule has 0 aliphatic carbocycles. The van der Waals surface area contributed by atoms with E-state index in [4.69, 9.17) is 10.00 Å². The van der Waals surface area contributed by atoms with Crippen LogP contribution in [0.3, 0.4) is 0 Å². The van der Waals surface area contributed by atoms with Gasteiger partial charge in [0, 0.05) is 11.6 Å². The number of benzene rings is 1. The first-order chi connectivity index (χ1) is 9.39. The molecular weight excluding hydrogens is 248 g/mol. The molecule has 1 unspecified atom stereocenters. The Labute approximate surface area is 123 Å². The normalized spacial score (nSPS) is 12.8. The Balaban J connectivity index is 2.77. The van der Waals surface area contributed by atoms with E-state index in [-0.39, 0.29) is 11.5 Å². The van der Waals surface area contributed by atoms with Crippen LogP contribution in [-0.2, 0) is 0 Å². The van der Waals surface area contributed by atoms with Crippen LogP contribution in [0.4, 0.5) is 0 Å². The summed E-state index contributed by atoms with van der Waals surface area (Å²) in [4.78, 5) is 0. The second kappa shape index (κ2) is 7.31.